The second-order valence-corrected chi connectivity index (χ2v) is 7.92. The van der Waals surface area contributed by atoms with Crippen LogP contribution in [0, 0.1) is 24.2 Å². The highest BCUT2D eigenvalue weighted by molar-refractivity contribution is 7.85. The van der Waals surface area contributed by atoms with E-state index in [9.17, 15) is 4.39 Å². The number of nitrogens with zero attached hydrogens (tertiary/aromatic N) is 5. The largest absolute Gasteiger partial charge is 0.496 e. The van der Waals surface area contributed by atoms with Crippen molar-refractivity contribution in [1.29, 1.82) is 5.26 Å². The number of hydrogen-bond donors (Lipinski definition) is 1. The van der Waals surface area contributed by atoms with Crippen molar-refractivity contribution >= 4 is 22.3 Å². The molecule has 3 aromatic rings. The van der Waals surface area contributed by atoms with E-state index in [0.29, 0.717) is 28.8 Å². The number of aromatic nitrogens is 3. The van der Waals surface area contributed by atoms with Crippen LogP contribution in [0.15, 0.2) is 47.1 Å². The van der Waals surface area contributed by atoms with Crippen LogP contribution in [0.5, 0.6) is 5.75 Å². The minimum Gasteiger partial charge on any atom is -0.496 e. The van der Waals surface area contributed by atoms with E-state index in [2.05, 4.69) is 30.7 Å². The van der Waals surface area contributed by atoms with Gasteiger partial charge in [-0.2, -0.15) is 14.6 Å². The number of ether oxygens (including phenoxy) is 1. The van der Waals surface area contributed by atoms with Crippen LogP contribution < -0.4 is 10.1 Å². The summed E-state index contributed by atoms with van der Waals surface area (Å²) in [6.07, 6.45) is 5.16. The van der Waals surface area contributed by atoms with Crippen molar-refractivity contribution < 1.29 is 9.13 Å². The van der Waals surface area contributed by atoms with Gasteiger partial charge < -0.3 is 10.1 Å². The summed E-state index contributed by atoms with van der Waals surface area (Å²) in [6, 6.07) is 10.2. The smallest absolute Gasteiger partial charge is 0.230 e. The van der Waals surface area contributed by atoms with Gasteiger partial charge in [-0.1, -0.05) is 16.8 Å². The molecule has 9 heteroatoms. The summed E-state index contributed by atoms with van der Waals surface area (Å²) >= 11 is 0. The summed E-state index contributed by atoms with van der Waals surface area (Å²) in [4.78, 5) is 12.8. The van der Waals surface area contributed by atoms with Gasteiger partial charge in [0.2, 0.25) is 12.1 Å². The van der Waals surface area contributed by atoms with Gasteiger partial charge in [0.25, 0.3) is 0 Å². The average Bonchev–Trinajstić information content (AvgIpc) is 2.67. The Kier molecular flexibility index (Phi) is 6.46. The number of rotatable bonds is 6. The van der Waals surface area contributed by atoms with Crippen molar-refractivity contribution in [2.75, 3.05) is 18.7 Å². The second-order valence-electron chi connectivity index (χ2n) is 6.25. The van der Waals surface area contributed by atoms with Gasteiger partial charge in [0.15, 0.2) is 5.82 Å². The number of benzene rings is 2. The van der Waals surface area contributed by atoms with Crippen LogP contribution >= 0.6 is 0 Å². The Balaban J connectivity index is 1.89. The Bertz CT molecular complexity index is 1110. The lowest BCUT2D eigenvalue weighted by molar-refractivity contribution is 0.412. The first-order valence-corrected chi connectivity index (χ1v) is 10.4. The van der Waals surface area contributed by atoms with Gasteiger partial charge in [-0.15, -0.1) is 0 Å². The molecule has 7 nitrogen and oxygen atoms in total. The van der Waals surface area contributed by atoms with Crippen LogP contribution in [0.2, 0.25) is 0 Å². The number of hydrogen-bond acceptors (Lipinski definition) is 7. The maximum atomic E-state index is 13.5. The summed E-state index contributed by atoms with van der Waals surface area (Å²) in [5.74, 6) is 1.35. The maximum Gasteiger partial charge on any atom is 0.230 e. The van der Waals surface area contributed by atoms with E-state index >= 15 is 0 Å². The number of aryl methyl sites for hydroxylation is 1. The molecule has 0 aliphatic carbocycles. The third kappa shape index (κ3) is 5.33. The highest BCUT2D eigenvalue weighted by atomic mass is 32.2. The van der Waals surface area contributed by atoms with E-state index in [1.165, 1.54) is 25.6 Å². The van der Waals surface area contributed by atoms with Gasteiger partial charge in [0, 0.05) is 17.5 Å². The van der Waals surface area contributed by atoms with Gasteiger partial charge in [-0.05, 0) is 48.6 Å². The lowest BCUT2D eigenvalue weighted by atomic mass is 10.1. The molecule has 1 atom stereocenters. The zero-order valence-corrected chi connectivity index (χ0v) is 17.0. The first-order valence-electron chi connectivity index (χ1n) is 8.61. The van der Waals surface area contributed by atoms with Gasteiger partial charge in [-0.3, -0.25) is 0 Å². The zero-order valence-electron chi connectivity index (χ0n) is 16.2. The molecule has 0 aliphatic heterocycles. The first-order chi connectivity index (χ1) is 14.0. The summed E-state index contributed by atoms with van der Waals surface area (Å²) in [7, 11) is 1.10. The molecule has 0 saturated heterocycles. The molecule has 3 rings (SSSR count). The third-order valence-electron chi connectivity index (χ3n) is 3.94. The van der Waals surface area contributed by atoms with Gasteiger partial charge in [0.1, 0.15) is 17.9 Å². The third-order valence-corrected chi connectivity index (χ3v) is 5.09. The number of halogens is 1. The monoisotopic (exact) mass is 410 g/mol. The van der Waals surface area contributed by atoms with E-state index in [1.807, 2.05) is 31.5 Å². The second kappa shape index (κ2) is 9.21. The minimum absolute atomic E-state index is 0.344. The van der Waals surface area contributed by atoms with Crippen LogP contribution in [-0.2, 0) is 16.4 Å². The van der Waals surface area contributed by atoms with E-state index in [0.717, 1.165) is 16.8 Å². The molecule has 29 heavy (non-hydrogen) atoms. The lowest BCUT2D eigenvalue weighted by Crippen LogP contribution is -2.02. The normalized spacial score (nSPS) is 11.7. The number of nitriles is 1. The topological polar surface area (TPSA) is 96.1 Å². The quantitative estimate of drug-likeness (QED) is 0.613. The molecular weight excluding hydrogens is 391 g/mol. The zero-order chi connectivity index (χ0) is 20.8. The standard InChI is InChI=1S/C20H19FN6OS/c1-13-6-14(10-29(3)25-11-22)8-16(7-13)26-20-24-12-23-19(27-20)17-5-4-15(21)9-18(17)28-2/h4-9,12H,10H2,1-3H3,(H,23,24,26,27). The minimum atomic E-state index is -0.400. The Morgan fingerprint density at radius 1 is 1.24 bits per heavy atom. The summed E-state index contributed by atoms with van der Waals surface area (Å²) in [6.45, 7) is 1.99. The molecule has 1 unspecified atom stereocenters. The van der Waals surface area contributed by atoms with Gasteiger partial charge >= 0.3 is 0 Å². The van der Waals surface area contributed by atoms with Crippen LogP contribution in [0.4, 0.5) is 16.0 Å². The fraction of sp³-hybridized carbons (Fsp3) is 0.200. The summed E-state index contributed by atoms with van der Waals surface area (Å²) in [5, 5.41) is 11.9. The van der Waals surface area contributed by atoms with Crippen molar-refractivity contribution in [2.45, 2.75) is 12.7 Å². The Morgan fingerprint density at radius 2 is 2.07 bits per heavy atom. The number of nitrogens with one attached hydrogen (secondary N) is 1. The predicted octanol–water partition coefficient (Wildman–Crippen LogP) is 4.15. The van der Waals surface area contributed by atoms with Crippen LogP contribution in [0.25, 0.3) is 11.4 Å². The highest BCUT2D eigenvalue weighted by Gasteiger charge is 2.11. The summed E-state index contributed by atoms with van der Waals surface area (Å²) < 4.78 is 22.6. The van der Waals surface area contributed by atoms with Crippen molar-refractivity contribution in [3.05, 3.63) is 59.7 Å². The molecule has 1 aromatic heterocycles. The molecule has 148 valence electrons. The summed E-state index contributed by atoms with van der Waals surface area (Å²) in [5.41, 5.74) is 3.51. The van der Waals surface area contributed by atoms with Crippen LogP contribution in [-0.4, -0.2) is 28.3 Å². The van der Waals surface area contributed by atoms with Gasteiger partial charge in [-0.25, -0.2) is 14.4 Å². The average molecular weight is 410 g/mol. The van der Waals surface area contributed by atoms with E-state index in [-0.39, 0.29) is 10.7 Å². The van der Waals surface area contributed by atoms with Crippen molar-refractivity contribution in [3.63, 3.8) is 0 Å². The molecule has 2 aromatic carbocycles. The molecule has 0 bridgehead atoms. The van der Waals surface area contributed by atoms with E-state index in [4.69, 9.17) is 10.00 Å². The van der Waals surface area contributed by atoms with Crippen molar-refractivity contribution in [2.24, 2.45) is 4.36 Å². The maximum absolute atomic E-state index is 13.5. The number of anilines is 2. The molecule has 0 fully saturated rings. The Labute approximate surface area is 170 Å². The molecule has 0 amide bonds. The Morgan fingerprint density at radius 3 is 2.83 bits per heavy atom. The Hall–Kier alpha value is -3.38. The SMILES string of the molecule is COc1cc(F)ccc1-c1ncnc(Nc2cc(C)cc(CS(C)=NC#N)c2)n1. The molecule has 0 aliphatic rings. The van der Waals surface area contributed by atoms with Gasteiger partial charge in [0.05, 0.1) is 12.7 Å². The molecule has 0 spiro atoms. The van der Waals surface area contributed by atoms with E-state index < -0.39 is 5.82 Å². The molecule has 0 saturated carbocycles. The van der Waals surface area contributed by atoms with Crippen LogP contribution in [0.3, 0.4) is 0 Å². The molecule has 1 N–H and O–H groups in total. The molecule has 0 radical (unpaired) electrons. The number of methoxy groups -OCH3 is 1. The van der Waals surface area contributed by atoms with Crippen molar-refractivity contribution in [1.82, 2.24) is 15.0 Å². The van der Waals surface area contributed by atoms with Crippen LogP contribution in [0.1, 0.15) is 11.1 Å². The predicted molar refractivity (Wildman–Crippen MR) is 111 cm³/mol. The molecular formula is C20H19FN6OS. The fourth-order valence-corrected chi connectivity index (χ4v) is 3.68. The fourth-order valence-electron chi connectivity index (χ4n) is 2.83. The lowest BCUT2D eigenvalue weighted by Gasteiger charge is -2.11. The first kappa shape index (κ1) is 20.4. The van der Waals surface area contributed by atoms with Crippen molar-refractivity contribution in [3.8, 4) is 23.3 Å². The highest BCUT2D eigenvalue weighted by Crippen LogP contribution is 2.28. The molecule has 1 heterocycles. The van der Waals surface area contributed by atoms with E-state index in [1.54, 1.807) is 6.07 Å².